The minimum Gasteiger partial charge on any atom is -0.454 e. The van der Waals surface area contributed by atoms with Crippen molar-refractivity contribution >= 4 is 28.8 Å². The zero-order valence-corrected chi connectivity index (χ0v) is 20.4. The number of benzene rings is 2. The van der Waals surface area contributed by atoms with E-state index in [1.165, 1.54) is 11.0 Å². The second-order valence-corrected chi connectivity index (χ2v) is 8.87. The summed E-state index contributed by atoms with van der Waals surface area (Å²) in [7, 11) is 0. The SMILES string of the molecule is O=C(Nc1ccc2c(=O)c(OC(=O)N3CCOCC3)c(-c3ccc4c(c3)OCO4)oc2c1)N1CCOCC1. The Morgan fingerprint density at radius 1 is 0.842 bits per heavy atom. The van der Waals surface area contributed by atoms with Crippen LogP contribution < -0.4 is 25.0 Å². The van der Waals surface area contributed by atoms with E-state index < -0.39 is 11.5 Å². The summed E-state index contributed by atoms with van der Waals surface area (Å²) in [6.45, 7) is 3.47. The van der Waals surface area contributed by atoms with Gasteiger partial charge in [-0.3, -0.25) is 4.79 Å². The smallest absolute Gasteiger partial charge is 0.415 e. The predicted octanol–water partition coefficient (Wildman–Crippen LogP) is 2.88. The number of nitrogens with zero attached hydrogens (tertiary/aromatic N) is 2. The number of anilines is 1. The summed E-state index contributed by atoms with van der Waals surface area (Å²) in [5, 5.41) is 3.03. The van der Waals surface area contributed by atoms with Gasteiger partial charge >= 0.3 is 12.1 Å². The van der Waals surface area contributed by atoms with E-state index in [1.54, 1.807) is 35.2 Å². The lowest BCUT2D eigenvalue weighted by molar-refractivity contribution is 0.0414. The van der Waals surface area contributed by atoms with Crippen molar-refractivity contribution in [3.63, 3.8) is 0 Å². The molecule has 0 saturated carbocycles. The number of urea groups is 1. The van der Waals surface area contributed by atoms with Crippen LogP contribution in [-0.4, -0.2) is 81.3 Å². The zero-order valence-electron chi connectivity index (χ0n) is 20.4. The third-order valence-corrected chi connectivity index (χ3v) is 6.49. The molecule has 1 N–H and O–H groups in total. The van der Waals surface area contributed by atoms with Gasteiger partial charge in [0.2, 0.25) is 18.0 Å². The summed E-state index contributed by atoms with van der Waals surface area (Å²) < 4.78 is 33.3. The highest BCUT2D eigenvalue weighted by Crippen LogP contribution is 2.39. The Bertz CT molecular complexity index is 1440. The average Bonchev–Trinajstić information content (AvgIpc) is 3.43. The molecule has 198 valence electrons. The number of carbonyl (C=O) groups excluding carboxylic acids is 2. The van der Waals surface area contributed by atoms with E-state index in [1.807, 2.05) is 0 Å². The van der Waals surface area contributed by atoms with Crippen molar-refractivity contribution in [3.05, 3.63) is 46.6 Å². The lowest BCUT2D eigenvalue weighted by Crippen LogP contribution is -2.43. The topological polar surface area (TPSA) is 129 Å². The van der Waals surface area contributed by atoms with Crippen molar-refractivity contribution in [1.82, 2.24) is 9.80 Å². The standard InChI is InChI=1S/C26H25N3O9/c30-22-18-3-2-17(27-25(31)28-5-9-33-10-6-28)14-20(18)37-23(16-1-4-19-21(13-16)36-15-35-19)24(22)38-26(32)29-7-11-34-12-8-29/h1-4,13-14H,5-12,15H2,(H,27,31). The molecule has 38 heavy (non-hydrogen) atoms. The van der Waals surface area contributed by atoms with Crippen LogP contribution in [0.15, 0.2) is 45.6 Å². The number of morpholine rings is 2. The second-order valence-electron chi connectivity index (χ2n) is 8.87. The molecule has 6 rings (SSSR count). The fourth-order valence-corrected chi connectivity index (χ4v) is 4.44. The number of hydrogen-bond acceptors (Lipinski definition) is 9. The van der Waals surface area contributed by atoms with E-state index in [-0.39, 0.29) is 35.3 Å². The van der Waals surface area contributed by atoms with Gasteiger partial charge in [0.05, 0.1) is 31.8 Å². The summed E-state index contributed by atoms with van der Waals surface area (Å²) in [4.78, 5) is 42.3. The molecule has 0 aliphatic carbocycles. The summed E-state index contributed by atoms with van der Waals surface area (Å²) in [5.41, 5.74) is 0.604. The molecule has 0 spiro atoms. The molecule has 0 unspecified atom stereocenters. The maximum Gasteiger partial charge on any atom is 0.415 e. The van der Waals surface area contributed by atoms with Crippen LogP contribution in [0.5, 0.6) is 17.2 Å². The molecule has 12 nitrogen and oxygen atoms in total. The predicted molar refractivity (Wildman–Crippen MR) is 134 cm³/mol. The highest BCUT2D eigenvalue weighted by molar-refractivity contribution is 5.93. The second kappa shape index (κ2) is 10.2. The molecule has 3 aromatic rings. The number of carbonyl (C=O) groups is 2. The van der Waals surface area contributed by atoms with Crippen molar-refractivity contribution in [2.24, 2.45) is 0 Å². The molecule has 4 heterocycles. The molecule has 0 radical (unpaired) electrons. The highest BCUT2D eigenvalue weighted by Gasteiger charge is 2.26. The van der Waals surface area contributed by atoms with Crippen molar-refractivity contribution in [2.45, 2.75) is 0 Å². The van der Waals surface area contributed by atoms with E-state index in [0.717, 1.165) is 0 Å². The van der Waals surface area contributed by atoms with Crippen LogP contribution in [-0.2, 0) is 9.47 Å². The fraction of sp³-hybridized carbons (Fsp3) is 0.346. The van der Waals surface area contributed by atoms with Crippen molar-refractivity contribution < 1.29 is 37.7 Å². The van der Waals surface area contributed by atoms with Crippen LogP contribution in [0.2, 0.25) is 0 Å². The van der Waals surface area contributed by atoms with Gasteiger partial charge in [-0.1, -0.05) is 0 Å². The normalized spacial score (nSPS) is 16.9. The van der Waals surface area contributed by atoms with Gasteiger partial charge in [0.1, 0.15) is 5.58 Å². The Morgan fingerprint density at radius 2 is 1.55 bits per heavy atom. The average molecular weight is 523 g/mol. The molecule has 12 heteroatoms. The summed E-state index contributed by atoms with van der Waals surface area (Å²) in [6, 6.07) is 9.46. The Labute approximate surface area is 216 Å². The quantitative estimate of drug-likeness (QED) is 0.551. The molecule has 2 fully saturated rings. The first-order chi connectivity index (χ1) is 18.6. The first-order valence-corrected chi connectivity index (χ1v) is 12.3. The maximum atomic E-state index is 13.6. The van der Waals surface area contributed by atoms with Gasteiger partial charge in [-0.05, 0) is 30.3 Å². The van der Waals surface area contributed by atoms with Gasteiger partial charge in [0, 0.05) is 43.5 Å². The molecule has 1 aromatic heterocycles. The Morgan fingerprint density at radius 3 is 2.32 bits per heavy atom. The first-order valence-electron chi connectivity index (χ1n) is 12.3. The third kappa shape index (κ3) is 4.71. The number of amides is 3. The summed E-state index contributed by atoms with van der Waals surface area (Å²) in [6.07, 6.45) is -0.670. The molecular weight excluding hydrogens is 498 g/mol. The molecule has 2 saturated heterocycles. The number of fused-ring (bicyclic) bond motifs is 2. The van der Waals surface area contributed by atoms with Crippen LogP contribution in [0.3, 0.4) is 0 Å². The summed E-state index contributed by atoms with van der Waals surface area (Å²) in [5.74, 6) is 0.844. The van der Waals surface area contributed by atoms with E-state index in [0.29, 0.717) is 75.4 Å². The Balaban J connectivity index is 1.38. The lowest BCUT2D eigenvalue weighted by Gasteiger charge is -2.27. The summed E-state index contributed by atoms with van der Waals surface area (Å²) >= 11 is 0. The molecule has 3 aliphatic heterocycles. The largest absolute Gasteiger partial charge is 0.454 e. The molecule has 0 atom stereocenters. The number of ether oxygens (including phenoxy) is 5. The van der Waals surface area contributed by atoms with Gasteiger partial charge in [-0.2, -0.15) is 0 Å². The number of hydrogen-bond donors (Lipinski definition) is 1. The van der Waals surface area contributed by atoms with Crippen molar-refractivity contribution in [3.8, 4) is 28.6 Å². The third-order valence-electron chi connectivity index (χ3n) is 6.49. The number of nitrogens with one attached hydrogen (secondary N) is 1. The molecule has 2 aromatic carbocycles. The highest BCUT2D eigenvalue weighted by atomic mass is 16.7. The molecular formula is C26H25N3O9. The molecule has 3 aliphatic rings. The van der Waals surface area contributed by atoms with Gasteiger partial charge in [0.15, 0.2) is 17.3 Å². The fourth-order valence-electron chi connectivity index (χ4n) is 4.44. The Hall–Kier alpha value is -4.29. The van der Waals surface area contributed by atoms with Crippen LogP contribution in [0, 0.1) is 0 Å². The monoisotopic (exact) mass is 523 g/mol. The van der Waals surface area contributed by atoms with E-state index in [9.17, 15) is 14.4 Å². The first kappa shape index (κ1) is 24.1. The maximum absolute atomic E-state index is 13.6. The van der Waals surface area contributed by atoms with E-state index >= 15 is 0 Å². The van der Waals surface area contributed by atoms with Crippen LogP contribution in [0.4, 0.5) is 15.3 Å². The Kier molecular flexibility index (Phi) is 6.48. The van der Waals surface area contributed by atoms with Gasteiger partial charge < -0.3 is 43.2 Å². The van der Waals surface area contributed by atoms with Crippen molar-refractivity contribution in [2.75, 3.05) is 64.7 Å². The van der Waals surface area contributed by atoms with Gasteiger partial charge in [0.25, 0.3) is 0 Å². The van der Waals surface area contributed by atoms with Crippen molar-refractivity contribution in [1.29, 1.82) is 0 Å². The minimum absolute atomic E-state index is 0.0547. The van der Waals surface area contributed by atoms with Gasteiger partial charge in [-0.25, -0.2) is 9.59 Å². The molecule has 0 bridgehead atoms. The van der Waals surface area contributed by atoms with E-state index in [2.05, 4.69) is 5.32 Å². The number of rotatable bonds is 3. The zero-order chi connectivity index (χ0) is 26.1. The van der Waals surface area contributed by atoms with Gasteiger partial charge in [-0.15, -0.1) is 0 Å². The molecule has 3 amide bonds. The van der Waals surface area contributed by atoms with E-state index in [4.69, 9.17) is 28.1 Å². The van der Waals surface area contributed by atoms with Crippen LogP contribution in [0.25, 0.3) is 22.3 Å². The van der Waals surface area contributed by atoms with Crippen LogP contribution in [0.1, 0.15) is 0 Å². The van der Waals surface area contributed by atoms with Crippen LogP contribution >= 0.6 is 0 Å². The minimum atomic E-state index is -0.670. The lowest BCUT2D eigenvalue weighted by atomic mass is 10.1.